The molecule has 0 bridgehead atoms. The maximum absolute atomic E-state index is 10.9. The van der Waals surface area contributed by atoms with Crippen LogP contribution in [0.2, 0.25) is 0 Å². The van der Waals surface area contributed by atoms with E-state index in [4.69, 9.17) is 10.6 Å². The molecule has 0 fully saturated rings. The minimum absolute atomic E-state index is 0.0617. The second kappa shape index (κ2) is 6.65. The SMILES string of the molecule is NNc1c(COCc2ccccc2)cccc1[N+](=O)[O-]. The van der Waals surface area contributed by atoms with Crippen molar-refractivity contribution in [2.24, 2.45) is 5.84 Å². The first kappa shape index (κ1) is 14.0. The van der Waals surface area contributed by atoms with Gasteiger partial charge in [-0.1, -0.05) is 42.5 Å². The van der Waals surface area contributed by atoms with E-state index in [1.54, 1.807) is 12.1 Å². The van der Waals surface area contributed by atoms with Crippen molar-refractivity contribution in [2.45, 2.75) is 13.2 Å². The van der Waals surface area contributed by atoms with Crippen LogP contribution in [-0.2, 0) is 18.0 Å². The molecule has 2 rings (SSSR count). The zero-order valence-corrected chi connectivity index (χ0v) is 10.8. The molecule has 104 valence electrons. The van der Waals surface area contributed by atoms with Crippen LogP contribution in [0.25, 0.3) is 0 Å². The van der Waals surface area contributed by atoms with E-state index in [2.05, 4.69) is 5.43 Å². The van der Waals surface area contributed by atoms with Gasteiger partial charge in [0, 0.05) is 11.6 Å². The summed E-state index contributed by atoms with van der Waals surface area (Å²) in [6.45, 7) is 0.684. The Hall–Kier alpha value is -2.44. The van der Waals surface area contributed by atoms with Crippen LogP contribution in [0.1, 0.15) is 11.1 Å². The highest BCUT2D eigenvalue weighted by molar-refractivity contribution is 5.65. The molecule has 0 atom stereocenters. The smallest absolute Gasteiger partial charge is 0.294 e. The Labute approximate surface area is 116 Å². The van der Waals surface area contributed by atoms with E-state index in [0.29, 0.717) is 12.2 Å². The van der Waals surface area contributed by atoms with Crippen LogP contribution >= 0.6 is 0 Å². The number of hydrogen-bond acceptors (Lipinski definition) is 5. The molecule has 6 nitrogen and oxygen atoms in total. The maximum atomic E-state index is 10.9. The van der Waals surface area contributed by atoms with Gasteiger partial charge >= 0.3 is 0 Å². The number of nitro benzene ring substituents is 1. The minimum Gasteiger partial charge on any atom is -0.372 e. The van der Waals surface area contributed by atoms with Gasteiger partial charge in [-0.2, -0.15) is 0 Å². The highest BCUT2D eigenvalue weighted by Gasteiger charge is 2.16. The van der Waals surface area contributed by atoms with Gasteiger partial charge in [-0.15, -0.1) is 0 Å². The summed E-state index contributed by atoms with van der Waals surface area (Å²) in [4.78, 5) is 10.4. The van der Waals surface area contributed by atoms with Crippen molar-refractivity contribution in [1.82, 2.24) is 0 Å². The number of ether oxygens (including phenoxy) is 1. The van der Waals surface area contributed by atoms with Crippen LogP contribution in [0.5, 0.6) is 0 Å². The summed E-state index contributed by atoms with van der Waals surface area (Å²) in [7, 11) is 0. The molecule has 0 unspecified atom stereocenters. The number of hydrazine groups is 1. The van der Waals surface area contributed by atoms with Crippen LogP contribution in [0.3, 0.4) is 0 Å². The molecule has 0 aromatic heterocycles. The lowest BCUT2D eigenvalue weighted by Crippen LogP contribution is -2.12. The molecular formula is C14H15N3O3. The lowest BCUT2D eigenvalue weighted by molar-refractivity contribution is -0.384. The topological polar surface area (TPSA) is 90.4 Å². The summed E-state index contributed by atoms with van der Waals surface area (Å²) < 4.78 is 5.56. The van der Waals surface area contributed by atoms with E-state index in [1.165, 1.54) is 6.07 Å². The number of anilines is 1. The van der Waals surface area contributed by atoms with Gasteiger partial charge in [-0.3, -0.25) is 16.0 Å². The van der Waals surface area contributed by atoms with Crippen LogP contribution in [0.15, 0.2) is 48.5 Å². The number of nitrogen functional groups attached to an aromatic ring is 1. The van der Waals surface area contributed by atoms with Crippen molar-refractivity contribution >= 4 is 11.4 Å². The number of hydrogen-bond donors (Lipinski definition) is 2. The summed E-state index contributed by atoms with van der Waals surface area (Å²) in [5.74, 6) is 5.36. The Balaban J connectivity index is 2.06. The Kier molecular flexibility index (Phi) is 4.65. The highest BCUT2D eigenvalue weighted by Crippen LogP contribution is 2.27. The van der Waals surface area contributed by atoms with Gasteiger partial charge in [-0.05, 0) is 5.56 Å². The molecule has 0 spiro atoms. The average Bonchev–Trinajstić information content (AvgIpc) is 2.48. The number of nitrogens with two attached hydrogens (primary N) is 1. The Morgan fingerprint density at radius 3 is 2.50 bits per heavy atom. The minimum atomic E-state index is -0.476. The molecule has 0 amide bonds. The Morgan fingerprint density at radius 1 is 1.10 bits per heavy atom. The fraction of sp³-hybridized carbons (Fsp3) is 0.143. The van der Waals surface area contributed by atoms with Crippen LogP contribution < -0.4 is 11.3 Å². The summed E-state index contributed by atoms with van der Waals surface area (Å²) in [6.07, 6.45) is 0. The fourth-order valence-corrected chi connectivity index (χ4v) is 1.88. The van der Waals surface area contributed by atoms with Crippen molar-refractivity contribution in [2.75, 3.05) is 5.43 Å². The Bertz CT molecular complexity index is 587. The average molecular weight is 273 g/mol. The van der Waals surface area contributed by atoms with E-state index in [-0.39, 0.29) is 18.0 Å². The van der Waals surface area contributed by atoms with Gasteiger partial charge in [0.1, 0.15) is 5.69 Å². The van der Waals surface area contributed by atoms with E-state index < -0.39 is 4.92 Å². The largest absolute Gasteiger partial charge is 0.372 e. The molecule has 2 aromatic carbocycles. The summed E-state index contributed by atoms with van der Waals surface area (Å²) in [5, 5.41) is 10.9. The molecule has 0 saturated heterocycles. The van der Waals surface area contributed by atoms with E-state index in [0.717, 1.165) is 5.56 Å². The molecule has 20 heavy (non-hydrogen) atoms. The second-order valence-corrected chi connectivity index (χ2v) is 4.19. The van der Waals surface area contributed by atoms with Crippen molar-refractivity contribution in [3.05, 3.63) is 69.8 Å². The predicted molar refractivity (Wildman–Crippen MR) is 75.8 cm³/mol. The lowest BCUT2D eigenvalue weighted by atomic mass is 10.1. The number of nitrogens with zero attached hydrogens (tertiary/aromatic N) is 1. The van der Waals surface area contributed by atoms with Gasteiger partial charge in [0.15, 0.2) is 0 Å². The van der Waals surface area contributed by atoms with Gasteiger partial charge in [0.25, 0.3) is 5.69 Å². The molecule has 0 saturated carbocycles. The van der Waals surface area contributed by atoms with E-state index >= 15 is 0 Å². The number of rotatable bonds is 6. The third kappa shape index (κ3) is 3.31. The van der Waals surface area contributed by atoms with E-state index in [1.807, 2.05) is 30.3 Å². The summed E-state index contributed by atoms with van der Waals surface area (Å²) in [6, 6.07) is 14.5. The molecule has 0 radical (unpaired) electrons. The fourth-order valence-electron chi connectivity index (χ4n) is 1.88. The van der Waals surface area contributed by atoms with Crippen LogP contribution in [0.4, 0.5) is 11.4 Å². The van der Waals surface area contributed by atoms with Gasteiger partial charge < -0.3 is 10.2 Å². The maximum Gasteiger partial charge on any atom is 0.294 e. The molecule has 0 aliphatic carbocycles. The van der Waals surface area contributed by atoms with Crippen molar-refractivity contribution < 1.29 is 9.66 Å². The lowest BCUT2D eigenvalue weighted by Gasteiger charge is -2.10. The summed E-state index contributed by atoms with van der Waals surface area (Å²) in [5.41, 5.74) is 4.29. The molecule has 6 heteroatoms. The molecule has 3 N–H and O–H groups in total. The zero-order chi connectivity index (χ0) is 14.4. The molecule has 0 aliphatic heterocycles. The number of para-hydroxylation sites is 1. The van der Waals surface area contributed by atoms with Gasteiger partial charge in [0.05, 0.1) is 18.1 Å². The predicted octanol–water partition coefficient (Wildman–Crippen LogP) is 2.60. The van der Waals surface area contributed by atoms with Crippen LogP contribution in [-0.4, -0.2) is 4.92 Å². The normalized spacial score (nSPS) is 10.2. The van der Waals surface area contributed by atoms with Gasteiger partial charge in [-0.25, -0.2) is 0 Å². The molecule has 0 heterocycles. The van der Waals surface area contributed by atoms with Crippen molar-refractivity contribution in [1.29, 1.82) is 0 Å². The first-order valence-electron chi connectivity index (χ1n) is 6.07. The van der Waals surface area contributed by atoms with Crippen molar-refractivity contribution in [3.8, 4) is 0 Å². The van der Waals surface area contributed by atoms with Crippen LogP contribution in [0, 0.1) is 10.1 Å². The first-order chi connectivity index (χ1) is 9.72. The standard InChI is InChI=1S/C14H15N3O3/c15-16-14-12(7-4-8-13(14)17(18)19)10-20-9-11-5-2-1-3-6-11/h1-8,16H,9-10,15H2. The quantitative estimate of drug-likeness (QED) is 0.479. The molecule has 0 aliphatic rings. The highest BCUT2D eigenvalue weighted by atomic mass is 16.6. The van der Waals surface area contributed by atoms with E-state index in [9.17, 15) is 10.1 Å². The summed E-state index contributed by atoms with van der Waals surface area (Å²) >= 11 is 0. The number of nitrogens with one attached hydrogen (secondary N) is 1. The third-order valence-electron chi connectivity index (χ3n) is 2.84. The monoisotopic (exact) mass is 273 g/mol. The zero-order valence-electron chi connectivity index (χ0n) is 10.8. The number of benzene rings is 2. The molecular weight excluding hydrogens is 258 g/mol. The Morgan fingerprint density at radius 2 is 1.85 bits per heavy atom. The number of nitro groups is 1. The molecule has 2 aromatic rings. The third-order valence-corrected chi connectivity index (χ3v) is 2.84. The van der Waals surface area contributed by atoms with Crippen molar-refractivity contribution in [3.63, 3.8) is 0 Å². The van der Waals surface area contributed by atoms with Gasteiger partial charge in [0.2, 0.25) is 0 Å². The second-order valence-electron chi connectivity index (χ2n) is 4.19. The first-order valence-corrected chi connectivity index (χ1v) is 6.07.